The first kappa shape index (κ1) is 13.2. The smallest absolute Gasteiger partial charge is 0.303 e. The zero-order valence-corrected chi connectivity index (χ0v) is 9.55. The Hall–Kier alpha value is -1.91. The third kappa shape index (κ3) is 3.55. The van der Waals surface area contributed by atoms with Crippen molar-refractivity contribution in [3.63, 3.8) is 0 Å². The van der Waals surface area contributed by atoms with E-state index in [2.05, 4.69) is 4.74 Å². The molecule has 0 fully saturated rings. The predicted molar refractivity (Wildman–Crippen MR) is 59.0 cm³/mol. The summed E-state index contributed by atoms with van der Waals surface area (Å²) in [5.41, 5.74) is -1.24. The van der Waals surface area contributed by atoms with Gasteiger partial charge in [-0.25, -0.2) is 0 Å². The SMILES string of the molecule is CC(=O)OC1(CCCOC=O)C=CC=CC1=O. The van der Waals surface area contributed by atoms with Crippen molar-refractivity contribution in [1.82, 2.24) is 0 Å². The minimum Gasteiger partial charge on any atom is -0.468 e. The van der Waals surface area contributed by atoms with Crippen LogP contribution in [0.25, 0.3) is 0 Å². The first-order chi connectivity index (χ1) is 8.10. The van der Waals surface area contributed by atoms with Crippen LogP contribution < -0.4 is 0 Å². The number of carbonyl (C=O) groups is 3. The van der Waals surface area contributed by atoms with Gasteiger partial charge in [-0.05, 0) is 18.6 Å². The lowest BCUT2D eigenvalue weighted by molar-refractivity contribution is -0.159. The summed E-state index contributed by atoms with van der Waals surface area (Å²) in [5.74, 6) is -0.795. The molecule has 0 amide bonds. The molecule has 1 unspecified atom stereocenters. The molecule has 1 atom stereocenters. The van der Waals surface area contributed by atoms with Gasteiger partial charge in [0.1, 0.15) is 0 Å². The second kappa shape index (κ2) is 5.98. The summed E-state index contributed by atoms with van der Waals surface area (Å²) in [6, 6.07) is 0. The number of allylic oxidation sites excluding steroid dienone is 2. The van der Waals surface area contributed by atoms with Crippen LogP contribution in [0.5, 0.6) is 0 Å². The van der Waals surface area contributed by atoms with E-state index < -0.39 is 11.6 Å². The van der Waals surface area contributed by atoms with Gasteiger partial charge in [0.2, 0.25) is 5.78 Å². The van der Waals surface area contributed by atoms with E-state index in [4.69, 9.17) is 4.74 Å². The highest BCUT2D eigenvalue weighted by atomic mass is 16.6. The van der Waals surface area contributed by atoms with E-state index in [0.717, 1.165) is 0 Å². The predicted octanol–water partition coefficient (Wildman–Crippen LogP) is 0.937. The maximum absolute atomic E-state index is 11.8. The van der Waals surface area contributed by atoms with E-state index >= 15 is 0 Å². The molecule has 17 heavy (non-hydrogen) atoms. The molecule has 0 saturated carbocycles. The van der Waals surface area contributed by atoms with Crippen LogP contribution in [0.15, 0.2) is 24.3 Å². The summed E-state index contributed by atoms with van der Waals surface area (Å²) in [5, 5.41) is 0. The van der Waals surface area contributed by atoms with E-state index in [9.17, 15) is 14.4 Å². The largest absolute Gasteiger partial charge is 0.468 e. The molecule has 0 aliphatic heterocycles. The Bertz CT molecular complexity index is 369. The summed E-state index contributed by atoms with van der Waals surface area (Å²) in [7, 11) is 0. The number of rotatable bonds is 6. The van der Waals surface area contributed by atoms with Crippen molar-refractivity contribution in [3.8, 4) is 0 Å². The second-order valence-corrected chi connectivity index (χ2v) is 3.64. The average molecular weight is 238 g/mol. The maximum Gasteiger partial charge on any atom is 0.303 e. The lowest BCUT2D eigenvalue weighted by atomic mass is 9.89. The molecule has 0 radical (unpaired) electrons. The van der Waals surface area contributed by atoms with Crippen molar-refractivity contribution in [3.05, 3.63) is 24.3 Å². The molecule has 5 heteroatoms. The van der Waals surface area contributed by atoms with Gasteiger partial charge in [-0.3, -0.25) is 14.4 Å². The summed E-state index contributed by atoms with van der Waals surface area (Å²) in [6.07, 6.45) is 6.90. The first-order valence-corrected chi connectivity index (χ1v) is 5.26. The van der Waals surface area contributed by atoms with Crippen LogP contribution in [0.4, 0.5) is 0 Å². The van der Waals surface area contributed by atoms with Crippen molar-refractivity contribution in [2.75, 3.05) is 6.61 Å². The van der Waals surface area contributed by atoms with Gasteiger partial charge in [0, 0.05) is 13.3 Å². The highest BCUT2D eigenvalue weighted by Crippen LogP contribution is 2.25. The van der Waals surface area contributed by atoms with Gasteiger partial charge < -0.3 is 9.47 Å². The van der Waals surface area contributed by atoms with Gasteiger partial charge in [0.25, 0.3) is 6.47 Å². The molecule has 0 aromatic heterocycles. The fraction of sp³-hybridized carbons (Fsp3) is 0.417. The molecule has 0 heterocycles. The summed E-state index contributed by atoms with van der Waals surface area (Å²) < 4.78 is 9.64. The quantitative estimate of drug-likeness (QED) is 0.391. The van der Waals surface area contributed by atoms with Crippen molar-refractivity contribution >= 4 is 18.2 Å². The second-order valence-electron chi connectivity index (χ2n) is 3.64. The Morgan fingerprint density at radius 2 is 2.24 bits per heavy atom. The van der Waals surface area contributed by atoms with Crippen LogP contribution in [-0.4, -0.2) is 30.4 Å². The Morgan fingerprint density at radius 1 is 1.47 bits per heavy atom. The monoisotopic (exact) mass is 238 g/mol. The highest BCUT2D eigenvalue weighted by molar-refractivity contribution is 6.01. The van der Waals surface area contributed by atoms with E-state index in [1.807, 2.05) is 0 Å². The fourth-order valence-electron chi connectivity index (χ4n) is 1.64. The van der Waals surface area contributed by atoms with Gasteiger partial charge in [0.15, 0.2) is 5.60 Å². The van der Waals surface area contributed by atoms with Crippen molar-refractivity contribution in [2.45, 2.75) is 25.4 Å². The van der Waals surface area contributed by atoms with Gasteiger partial charge in [0.05, 0.1) is 6.61 Å². The number of carbonyl (C=O) groups excluding carboxylic acids is 3. The summed E-state index contributed by atoms with van der Waals surface area (Å²) >= 11 is 0. The van der Waals surface area contributed by atoms with Gasteiger partial charge >= 0.3 is 5.97 Å². The normalized spacial score (nSPS) is 22.3. The zero-order chi connectivity index (χ0) is 12.7. The van der Waals surface area contributed by atoms with Crippen LogP contribution in [0.2, 0.25) is 0 Å². The lowest BCUT2D eigenvalue weighted by Gasteiger charge is -2.28. The van der Waals surface area contributed by atoms with Crippen LogP contribution in [0.1, 0.15) is 19.8 Å². The van der Waals surface area contributed by atoms with Crippen molar-refractivity contribution < 1.29 is 23.9 Å². The molecule has 0 bridgehead atoms. The van der Waals surface area contributed by atoms with E-state index in [-0.39, 0.29) is 12.4 Å². The molecule has 92 valence electrons. The number of hydrogen-bond acceptors (Lipinski definition) is 5. The molecule has 0 saturated heterocycles. The zero-order valence-electron chi connectivity index (χ0n) is 9.55. The average Bonchev–Trinajstić information content (AvgIpc) is 2.28. The number of ether oxygens (including phenoxy) is 2. The summed E-state index contributed by atoms with van der Waals surface area (Å²) in [4.78, 5) is 32.8. The standard InChI is InChI=1S/C12H14O5/c1-10(14)17-12(7-4-8-16-9-13)6-3-2-5-11(12)15/h2-3,5-6,9H,4,7-8H2,1H3. The molecule has 1 aliphatic rings. The number of esters is 1. The van der Waals surface area contributed by atoms with Crippen LogP contribution in [0, 0.1) is 0 Å². The number of hydrogen-bond donors (Lipinski definition) is 0. The molecule has 0 aromatic carbocycles. The van der Waals surface area contributed by atoms with E-state index in [1.165, 1.54) is 13.0 Å². The lowest BCUT2D eigenvalue weighted by Crippen LogP contribution is -2.41. The topological polar surface area (TPSA) is 69.7 Å². The number of ketones is 1. The summed E-state index contributed by atoms with van der Waals surface area (Å²) in [6.45, 7) is 1.79. The van der Waals surface area contributed by atoms with Crippen LogP contribution in [0.3, 0.4) is 0 Å². The van der Waals surface area contributed by atoms with Crippen LogP contribution >= 0.6 is 0 Å². The Morgan fingerprint density at radius 3 is 2.82 bits per heavy atom. The van der Waals surface area contributed by atoms with E-state index in [0.29, 0.717) is 19.3 Å². The first-order valence-electron chi connectivity index (χ1n) is 5.26. The highest BCUT2D eigenvalue weighted by Gasteiger charge is 2.38. The molecule has 5 nitrogen and oxygen atoms in total. The van der Waals surface area contributed by atoms with Crippen LogP contribution in [-0.2, 0) is 23.9 Å². The van der Waals surface area contributed by atoms with Gasteiger partial charge in [-0.15, -0.1) is 0 Å². The third-order valence-electron chi connectivity index (χ3n) is 2.35. The molecule has 0 spiro atoms. The minimum atomic E-state index is -1.24. The molecule has 1 rings (SSSR count). The maximum atomic E-state index is 11.8. The Labute approximate surface area is 99.1 Å². The molecule has 0 N–H and O–H groups in total. The molecule has 0 aromatic rings. The molecular weight excluding hydrogens is 224 g/mol. The van der Waals surface area contributed by atoms with Crippen molar-refractivity contribution in [1.29, 1.82) is 0 Å². The molecule has 1 aliphatic carbocycles. The van der Waals surface area contributed by atoms with Gasteiger partial charge in [-0.2, -0.15) is 0 Å². The third-order valence-corrected chi connectivity index (χ3v) is 2.35. The van der Waals surface area contributed by atoms with Gasteiger partial charge in [-0.1, -0.05) is 12.2 Å². The molecular formula is C12H14O5. The fourth-order valence-corrected chi connectivity index (χ4v) is 1.64. The Balaban J connectivity index is 2.69. The Kier molecular flexibility index (Phi) is 4.63. The minimum absolute atomic E-state index is 0.192. The van der Waals surface area contributed by atoms with Crippen molar-refractivity contribution in [2.24, 2.45) is 0 Å². The van der Waals surface area contributed by atoms with E-state index in [1.54, 1.807) is 18.2 Å².